The van der Waals surface area contributed by atoms with Gasteiger partial charge in [0.15, 0.2) is 0 Å². The van der Waals surface area contributed by atoms with Crippen molar-refractivity contribution in [1.29, 1.82) is 0 Å². The van der Waals surface area contributed by atoms with E-state index in [-0.39, 0.29) is 0 Å². The van der Waals surface area contributed by atoms with Crippen LogP contribution >= 0.6 is 0 Å². The summed E-state index contributed by atoms with van der Waals surface area (Å²) in [6.07, 6.45) is 1.85. The summed E-state index contributed by atoms with van der Waals surface area (Å²) >= 11 is 0. The lowest BCUT2D eigenvalue weighted by atomic mass is 10.1. The molecule has 3 N–H and O–H groups in total. The maximum atomic E-state index is 5.87. The van der Waals surface area contributed by atoms with E-state index in [1.807, 2.05) is 43.5 Å². The minimum absolute atomic E-state index is 0.757. The summed E-state index contributed by atoms with van der Waals surface area (Å²) in [7, 11) is 0. The molecule has 0 amide bonds. The zero-order chi connectivity index (χ0) is 13.2. The summed E-state index contributed by atoms with van der Waals surface area (Å²) in [4.78, 5) is 7.77. The Balaban J connectivity index is 2.02. The molecule has 0 saturated carbocycles. The predicted octanol–water partition coefficient (Wildman–Crippen LogP) is 3.63. The topological polar surface area (TPSA) is 54.7 Å². The molecular weight excluding hydrogens is 234 g/mol. The summed E-state index contributed by atoms with van der Waals surface area (Å²) in [5.41, 5.74) is 10.9. The number of nitrogens with zero attached hydrogens (tertiary/aromatic N) is 1. The average Bonchev–Trinajstić information content (AvgIpc) is 2.88. The molecule has 19 heavy (non-hydrogen) atoms. The second-order valence-electron chi connectivity index (χ2n) is 4.64. The Labute approximate surface area is 112 Å². The summed E-state index contributed by atoms with van der Waals surface area (Å²) in [5, 5.41) is 0. The molecule has 0 spiro atoms. The number of hydrogen-bond donors (Lipinski definition) is 2. The van der Waals surface area contributed by atoms with E-state index in [0.29, 0.717) is 0 Å². The van der Waals surface area contributed by atoms with Crippen LogP contribution in [0.15, 0.2) is 54.7 Å². The van der Waals surface area contributed by atoms with Crippen LogP contribution in [0.25, 0.3) is 22.6 Å². The van der Waals surface area contributed by atoms with Gasteiger partial charge in [-0.1, -0.05) is 30.3 Å². The van der Waals surface area contributed by atoms with E-state index in [2.05, 4.69) is 28.2 Å². The molecule has 3 heteroatoms. The Morgan fingerprint density at radius 2 is 1.79 bits per heavy atom. The van der Waals surface area contributed by atoms with E-state index in [1.165, 1.54) is 0 Å². The smallest absolute Gasteiger partial charge is 0.137 e. The van der Waals surface area contributed by atoms with Crippen molar-refractivity contribution in [2.45, 2.75) is 6.92 Å². The van der Waals surface area contributed by atoms with E-state index in [4.69, 9.17) is 5.73 Å². The van der Waals surface area contributed by atoms with Gasteiger partial charge in [-0.3, -0.25) is 0 Å². The Bertz CT molecular complexity index is 679. The van der Waals surface area contributed by atoms with Crippen LogP contribution < -0.4 is 5.73 Å². The highest BCUT2D eigenvalue weighted by Gasteiger charge is 2.06. The highest BCUT2D eigenvalue weighted by Crippen LogP contribution is 2.24. The van der Waals surface area contributed by atoms with Crippen LogP contribution in [0.5, 0.6) is 0 Å². The highest BCUT2D eigenvalue weighted by molar-refractivity contribution is 5.67. The summed E-state index contributed by atoms with van der Waals surface area (Å²) in [6, 6.07) is 16.1. The monoisotopic (exact) mass is 249 g/mol. The van der Waals surface area contributed by atoms with Gasteiger partial charge in [-0.05, 0) is 36.2 Å². The van der Waals surface area contributed by atoms with E-state index in [0.717, 1.165) is 33.9 Å². The molecule has 1 heterocycles. The van der Waals surface area contributed by atoms with Crippen LogP contribution in [0, 0.1) is 6.92 Å². The van der Waals surface area contributed by atoms with Crippen LogP contribution in [0.4, 0.5) is 5.69 Å². The molecule has 0 saturated heterocycles. The van der Waals surface area contributed by atoms with Crippen LogP contribution in [0.3, 0.4) is 0 Å². The predicted molar refractivity (Wildman–Crippen MR) is 78.6 cm³/mol. The van der Waals surface area contributed by atoms with Gasteiger partial charge in [-0.25, -0.2) is 4.98 Å². The minimum atomic E-state index is 0.757. The lowest BCUT2D eigenvalue weighted by Crippen LogP contribution is -1.89. The number of imidazole rings is 1. The van der Waals surface area contributed by atoms with Crippen molar-refractivity contribution in [2.24, 2.45) is 0 Å². The number of aromatic amines is 1. The van der Waals surface area contributed by atoms with Crippen LogP contribution in [-0.4, -0.2) is 9.97 Å². The molecule has 1 aromatic heterocycles. The molecule has 3 nitrogen and oxygen atoms in total. The van der Waals surface area contributed by atoms with Gasteiger partial charge >= 0.3 is 0 Å². The van der Waals surface area contributed by atoms with E-state index in [9.17, 15) is 0 Å². The quantitative estimate of drug-likeness (QED) is 0.681. The molecule has 0 aliphatic heterocycles. The summed E-state index contributed by atoms with van der Waals surface area (Å²) in [6.45, 7) is 2.03. The molecule has 0 aliphatic carbocycles. The number of aromatic nitrogens is 2. The molecular formula is C16H15N3. The number of hydrogen-bond acceptors (Lipinski definition) is 2. The largest absolute Gasteiger partial charge is 0.399 e. The maximum absolute atomic E-state index is 5.87. The van der Waals surface area contributed by atoms with Gasteiger partial charge in [0.1, 0.15) is 5.82 Å². The third-order valence-electron chi connectivity index (χ3n) is 3.03. The first kappa shape index (κ1) is 11.5. The summed E-state index contributed by atoms with van der Waals surface area (Å²) in [5.74, 6) is 0.842. The number of nitrogens with one attached hydrogen (secondary N) is 1. The fourth-order valence-electron chi connectivity index (χ4n) is 2.18. The highest BCUT2D eigenvalue weighted by atomic mass is 14.9. The van der Waals surface area contributed by atoms with Crippen LogP contribution in [-0.2, 0) is 0 Å². The lowest BCUT2D eigenvalue weighted by Gasteiger charge is -2.02. The number of anilines is 1. The van der Waals surface area contributed by atoms with Gasteiger partial charge in [0.25, 0.3) is 0 Å². The number of rotatable bonds is 2. The van der Waals surface area contributed by atoms with Crippen molar-refractivity contribution in [2.75, 3.05) is 5.73 Å². The van der Waals surface area contributed by atoms with Gasteiger partial charge in [0, 0.05) is 11.3 Å². The molecule has 0 bridgehead atoms. The van der Waals surface area contributed by atoms with Crippen molar-refractivity contribution in [1.82, 2.24) is 9.97 Å². The molecule has 3 aromatic rings. The van der Waals surface area contributed by atoms with Crippen LogP contribution in [0.2, 0.25) is 0 Å². The van der Waals surface area contributed by atoms with E-state index < -0.39 is 0 Å². The van der Waals surface area contributed by atoms with Crippen LogP contribution in [0.1, 0.15) is 5.56 Å². The fourth-order valence-corrected chi connectivity index (χ4v) is 2.18. The van der Waals surface area contributed by atoms with E-state index >= 15 is 0 Å². The minimum Gasteiger partial charge on any atom is -0.399 e. The van der Waals surface area contributed by atoms with E-state index in [1.54, 1.807) is 0 Å². The van der Waals surface area contributed by atoms with Crippen molar-refractivity contribution >= 4 is 5.69 Å². The van der Waals surface area contributed by atoms with Crippen molar-refractivity contribution in [3.8, 4) is 22.6 Å². The number of benzene rings is 2. The Morgan fingerprint density at radius 1 is 1.00 bits per heavy atom. The molecule has 0 radical (unpaired) electrons. The second kappa shape index (κ2) is 4.61. The zero-order valence-electron chi connectivity index (χ0n) is 10.7. The van der Waals surface area contributed by atoms with Crippen molar-refractivity contribution in [3.63, 3.8) is 0 Å². The van der Waals surface area contributed by atoms with Gasteiger partial charge in [-0.15, -0.1) is 0 Å². The molecule has 94 valence electrons. The molecule has 0 fully saturated rings. The first-order valence-electron chi connectivity index (χ1n) is 6.20. The second-order valence-corrected chi connectivity index (χ2v) is 4.64. The third-order valence-corrected chi connectivity index (χ3v) is 3.03. The van der Waals surface area contributed by atoms with Gasteiger partial charge < -0.3 is 10.7 Å². The SMILES string of the molecule is Cc1cc(N)cc(-c2ncc(-c3ccccc3)[nH]2)c1. The van der Waals surface area contributed by atoms with Gasteiger partial charge in [0.05, 0.1) is 11.9 Å². The van der Waals surface area contributed by atoms with Gasteiger partial charge in [-0.2, -0.15) is 0 Å². The summed E-state index contributed by atoms with van der Waals surface area (Å²) < 4.78 is 0. The Kier molecular flexibility index (Phi) is 2.80. The molecule has 2 aromatic carbocycles. The molecule has 0 atom stereocenters. The van der Waals surface area contributed by atoms with Gasteiger partial charge in [0.2, 0.25) is 0 Å². The number of nitrogen functional groups attached to an aromatic ring is 1. The first-order chi connectivity index (χ1) is 9.22. The maximum Gasteiger partial charge on any atom is 0.137 e. The first-order valence-corrected chi connectivity index (χ1v) is 6.20. The standard InChI is InChI=1S/C16H15N3/c1-11-7-13(9-14(17)8-11)16-18-10-15(19-16)12-5-3-2-4-6-12/h2-10H,17H2,1H3,(H,18,19). The molecule has 3 rings (SSSR count). The van der Waals surface area contributed by atoms with Crippen molar-refractivity contribution in [3.05, 3.63) is 60.3 Å². The lowest BCUT2D eigenvalue weighted by molar-refractivity contribution is 1.30. The third kappa shape index (κ3) is 2.36. The molecule has 0 unspecified atom stereocenters. The number of aryl methyl sites for hydroxylation is 1. The molecule has 0 aliphatic rings. The number of H-pyrrole nitrogens is 1. The Hall–Kier alpha value is -2.55. The fraction of sp³-hybridized carbons (Fsp3) is 0.0625. The number of nitrogens with two attached hydrogens (primary N) is 1. The Morgan fingerprint density at radius 3 is 2.53 bits per heavy atom. The zero-order valence-corrected chi connectivity index (χ0v) is 10.7. The average molecular weight is 249 g/mol. The van der Waals surface area contributed by atoms with Crippen molar-refractivity contribution < 1.29 is 0 Å². The normalized spacial score (nSPS) is 10.6.